The van der Waals surface area contributed by atoms with Gasteiger partial charge in [0.1, 0.15) is 5.75 Å². The van der Waals surface area contributed by atoms with Gasteiger partial charge in [0.2, 0.25) is 0 Å². The van der Waals surface area contributed by atoms with Crippen LogP contribution in [0.15, 0.2) is 18.2 Å². The van der Waals surface area contributed by atoms with Gasteiger partial charge in [-0.1, -0.05) is 13.8 Å². The quantitative estimate of drug-likeness (QED) is 0.813. The fourth-order valence-corrected chi connectivity index (χ4v) is 2.24. The van der Waals surface area contributed by atoms with Crippen LogP contribution in [-0.2, 0) is 0 Å². The monoisotopic (exact) mass is 278 g/mol. The van der Waals surface area contributed by atoms with Gasteiger partial charge in [-0.05, 0) is 38.3 Å². The fraction of sp³-hybridized carbons (Fsp3) is 0.562. The first-order chi connectivity index (χ1) is 9.35. The third-order valence-electron chi connectivity index (χ3n) is 3.28. The first kappa shape index (κ1) is 16.3. The highest BCUT2D eigenvalue weighted by Gasteiger charge is 2.19. The molecule has 0 saturated heterocycles. The molecule has 0 spiro atoms. The zero-order chi connectivity index (χ0) is 15.3. The van der Waals surface area contributed by atoms with Gasteiger partial charge in [-0.2, -0.15) is 0 Å². The van der Waals surface area contributed by atoms with Crippen LogP contribution in [0, 0.1) is 5.92 Å². The van der Waals surface area contributed by atoms with Crippen LogP contribution in [-0.4, -0.2) is 30.5 Å². The Kier molecular flexibility index (Phi) is 5.86. The number of nitrogens with zero attached hydrogens (tertiary/aromatic N) is 1. The Bertz CT molecular complexity index is 458. The van der Waals surface area contributed by atoms with Crippen molar-refractivity contribution in [1.82, 2.24) is 4.90 Å². The Balaban J connectivity index is 2.90. The lowest BCUT2D eigenvalue weighted by Gasteiger charge is -2.26. The summed E-state index contributed by atoms with van der Waals surface area (Å²) in [5, 5.41) is 0. The summed E-state index contributed by atoms with van der Waals surface area (Å²) < 4.78 is 5.43. The van der Waals surface area contributed by atoms with Crippen molar-refractivity contribution in [3.63, 3.8) is 0 Å². The molecule has 2 N–H and O–H groups in total. The van der Waals surface area contributed by atoms with Crippen LogP contribution < -0.4 is 10.5 Å². The summed E-state index contributed by atoms with van der Waals surface area (Å²) in [6.45, 7) is 8.83. The van der Waals surface area contributed by atoms with E-state index in [-0.39, 0.29) is 11.9 Å². The SMILES string of the molecule is CCOc1cc(N)cc(C(=O)N(C)C(C)CC(C)C)c1. The fourth-order valence-electron chi connectivity index (χ4n) is 2.24. The molecule has 1 rings (SSSR count). The van der Waals surface area contributed by atoms with Gasteiger partial charge in [0.05, 0.1) is 6.61 Å². The highest BCUT2D eigenvalue weighted by atomic mass is 16.5. The molecule has 0 radical (unpaired) electrons. The molecule has 112 valence electrons. The van der Waals surface area contributed by atoms with Crippen molar-refractivity contribution in [3.8, 4) is 5.75 Å². The molecule has 20 heavy (non-hydrogen) atoms. The predicted octanol–water partition coefficient (Wildman–Crippen LogP) is 3.17. The van der Waals surface area contributed by atoms with Gasteiger partial charge in [0.15, 0.2) is 0 Å². The van der Waals surface area contributed by atoms with Crippen LogP contribution in [0.3, 0.4) is 0 Å². The molecule has 0 heterocycles. The number of rotatable bonds is 6. The molecule has 1 unspecified atom stereocenters. The maximum atomic E-state index is 12.5. The van der Waals surface area contributed by atoms with Gasteiger partial charge in [0, 0.05) is 30.4 Å². The van der Waals surface area contributed by atoms with Crippen LogP contribution in [0.25, 0.3) is 0 Å². The molecular formula is C16H26N2O2. The molecule has 0 aromatic heterocycles. The Morgan fingerprint density at radius 1 is 1.30 bits per heavy atom. The van der Waals surface area contributed by atoms with E-state index < -0.39 is 0 Å². The molecule has 0 aliphatic carbocycles. The Morgan fingerprint density at radius 2 is 1.95 bits per heavy atom. The number of ether oxygens (including phenoxy) is 1. The maximum absolute atomic E-state index is 12.5. The Labute approximate surface area is 121 Å². The second-order valence-electron chi connectivity index (χ2n) is 5.62. The minimum absolute atomic E-state index is 0.0218. The van der Waals surface area contributed by atoms with E-state index in [9.17, 15) is 4.79 Å². The van der Waals surface area contributed by atoms with Crippen LogP contribution >= 0.6 is 0 Å². The summed E-state index contributed by atoms with van der Waals surface area (Å²) in [5.74, 6) is 1.17. The standard InChI is InChI=1S/C16H26N2O2/c1-6-20-15-9-13(8-14(17)10-15)16(19)18(5)12(4)7-11(2)3/h8-12H,6-7,17H2,1-5H3. The van der Waals surface area contributed by atoms with E-state index >= 15 is 0 Å². The summed E-state index contributed by atoms with van der Waals surface area (Å²) in [4.78, 5) is 14.3. The summed E-state index contributed by atoms with van der Waals surface area (Å²) in [5.41, 5.74) is 6.95. The summed E-state index contributed by atoms with van der Waals surface area (Å²) >= 11 is 0. The molecule has 1 aromatic carbocycles. The maximum Gasteiger partial charge on any atom is 0.254 e. The molecule has 1 aromatic rings. The second kappa shape index (κ2) is 7.17. The van der Waals surface area contributed by atoms with Crippen molar-refractivity contribution in [3.05, 3.63) is 23.8 Å². The number of hydrogen-bond acceptors (Lipinski definition) is 3. The van der Waals surface area contributed by atoms with Gasteiger partial charge >= 0.3 is 0 Å². The summed E-state index contributed by atoms with van der Waals surface area (Å²) in [6.07, 6.45) is 0.975. The lowest BCUT2D eigenvalue weighted by molar-refractivity contribution is 0.0728. The minimum Gasteiger partial charge on any atom is -0.494 e. The van der Waals surface area contributed by atoms with Gasteiger partial charge < -0.3 is 15.4 Å². The third kappa shape index (κ3) is 4.44. The highest BCUT2D eigenvalue weighted by Crippen LogP contribution is 2.21. The Hall–Kier alpha value is -1.71. The number of carbonyl (C=O) groups is 1. The smallest absolute Gasteiger partial charge is 0.254 e. The van der Waals surface area contributed by atoms with E-state index in [4.69, 9.17) is 10.5 Å². The normalized spacial score (nSPS) is 12.3. The van der Waals surface area contributed by atoms with Crippen LogP contribution in [0.5, 0.6) is 5.75 Å². The average Bonchev–Trinajstić information content (AvgIpc) is 2.35. The van der Waals surface area contributed by atoms with Crippen molar-refractivity contribution < 1.29 is 9.53 Å². The van der Waals surface area contributed by atoms with E-state index in [1.54, 1.807) is 23.1 Å². The van der Waals surface area contributed by atoms with Crippen molar-refractivity contribution in [1.29, 1.82) is 0 Å². The topological polar surface area (TPSA) is 55.6 Å². The molecular weight excluding hydrogens is 252 g/mol. The number of hydrogen-bond donors (Lipinski definition) is 1. The van der Waals surface area contributed by atoms with Gasteiger partial charge in [-0.25, -0.2) is 0 Å². The number of amides is 1. The van der Waals surface area contributed by atoms with E-state index in [0.29, 0.717) is 29.5 Å². The van der Waals surface area contributed by atoms with Crippen LogP contribution in [0.4, 0.5) is 5.69 Å². The summed E-state index contributed by atoms with van der Waals surface area (Å²) in [7, 11) is 1.83. The molecule has 0 fully saturated rings. The first-order valence-corrected chi connectivity index (χ1v) is 7.15. The van der Waals surface area contributed by atoms with Crippen molar-refractivity contribution >= 4 is 11.6 Å². The predicted molar refractivity (Wildman–Crippen MR) is 83.0 cm³/mol. The number of benzene rings is 1. The zero-order valence-electron chi connectivity index (χ0n) is 13.1. The van der Waals surface area contributed by atoms with Crippen molar-refractivity contribution in [2.24, 2.45) is 5.92 Å². The van der Waals surface area contributed by atoms with E-state index in [1.807, 2.05) is 14.0 Å². The van der Waals surface area contributed by atoms with Crippen LogP contribution in [0.1, 0.15) is 44.5 Å². The molecule has 0 aliphatic heterocycles. The van der Waals surface area contributed by atoms with Gasteiger partial charge in [-0.3, -0.25) is 4.79 Å². The lowest BCUT2D eigenvalue weighted by Crippen LogP contribution is -2.35. The van der Waals surface area contributed by atoms with Gasteiger partial charge in [-0.15, -0.1) is 0 Å². The number of nitrogen functional groups attached to an aromatic ring is 1. The molecule has 1 amide bonds. The highest BCUT2D eigenvalue weighted by molar-refractivity contribution is 5.95. The Morgan fingerprint density at radius 3 is 2.50 bits per heavy atom. The minimum atomic E-state index is -0.0218. The second-order valence-corrected chi connectivity index (χ2v) is 5.62. The number of carbonyl (C=O) groups excluding carboxylic acids is 1. The molecule has 0 bridgehead atoms. The molecule has 4 nitrogen and oxygen atoms in total. The number of anilines is 1. The largest absolute Gasteiger partial charge is 0.494 e. The molecule has 4 heteroatoms. The summed E-state index contributed by atoms with van der Waals surface area (Å²) in [6, 6.07) is 5.38. The van der Waals surface area contributed by atoms with E-state index in [0.717, 1.165) is 6.42 Å². The molecule has 0 saturated carbocycles. The average molecular weight is 278 g/mol. The molecule has 0 aliphatic rings. The van der Waals surface area contributed by atoms with Crippen LogP contribution in [0.2, 0.25) is 0 Å². The molecule has 1 atom stereocenters. The van der Waals surface area contributed by atoms with E-state index in [2.05, 4.69) is 20.8 Å². The number of nitrogens with two attached hydrogens (primary N) is 1. The van der Waals surface area contributed by atoms with E-state index in [1.165, 1.54) is 0 Å². The lowest BCUT2D eigenvalue weighted by atomic mass is 10.0. The first-order valence-electron chi connectivity index (χ1n) is 7.15. The van der Waals surface area contributed by atoms with Gasteiger partial charge in [0.25, 0.3) is 5.91 Å². The van der Waals surface area contributed by atoms with Crippen molar-refractivity contribution in [2.45, 2.75) is 40.2 Å². The third-order valence-corrected chi connectivity index (χ3v) is 3.28. The zero-order valence-corrected chi connectivity index (χ0v) is 13.1. The van der Waals surface area contributed by atoms with Crippen molar-refractivity contribution in [2.75, 3.05) is 19.4 Å².